The van der Waals surface area contributed by atoms with Crippen LogP contribution >= 0.6 is 0 Å². The number of nitrogens with zero attached hydrogens (tertiary/aromatic N) is 2. The molecule has 0 amide bonds. The van der Waals surface area contributed by atoms with Crippen molar-refractivity contribution in [1.29, 1.82) is 0 Å². The van der Waals surface area contributed by atoms with E-state index in [2.05, 4.69) is 100 Å². The van der Waals surface area contributed by atoms with Crippen molar-refractivity contribution < 1.29 is 16.5 Å². The van der Waals surface area contributed by atoms with Gasteiger partial charge in [-0.3, -0.25) is 0 Å². The Hall–Kier alpha value is -3.03. The summed E-state index contributed by atoms with van der Waals surface area (Å²) in [4.78, 5) is 10.3. The van der Waals surface area contributed by atoms with Gasteiger partial charge in [0.05, 0.1) is 22.8 Å². The third-order valence-corrected chi connectivity index (χ3v) is 5.83. The van der Waals surface area contributed by atoms with Gasteiger partial charge in [0.15, 0.2) is 0 Å². The van der Waals surface area contributed by atoms with Crippen molar-refractivity contribution in [2.75, 3.05) is 0 Å². The van der Waals surface area contributed by atoms with E-state index in [9.17, 15) is 0 Å². The first-order valence-corrected chi connectivity index (χ1v) is 10.4. The smallest absolute Gasteiger partial charge is 0.0978 e. The molecule has 2 nitrogen and oxygen atoms in total. The predicted molar refractivity (Wildman–Crippen MR) is 135 cm³/mol. The molecule has 0 bridgehead atoms. The van der Waals surface area contributed by atoms with Gasteiger partial charge < -0.3 is 7.43 Å². The fraction of sp³-hybridized carbons (Fsp3) is 0.138. The maximum absolute atomic E-state index is 5.17. The maximum Gasteiger partial charge on any atom is 0.0978 e. The third kappa shape index (κ3) is 4.06. The van der Waals surface area contributed by atoms with Gasteiger partial charge in [0.2, 0.25) is 0 Å². The van der Waals surface area contributed by atoms with Gasteiger partial charge in [-0.2, -0.15) is 0 Å². The molecule has 0 radical (unpaired) electrons. The van der Waals surface area contributed by atoms with Gasteiger partial charge in [-0.1, -0.05) is 60.7 Å². The van der Waals surface area contributed by atoms with Crippen LogP contribution in [0.1, 0.15) is 33.4 Å². The van der Waals surface area contributed by atoms with E-state index in [-0.39, 0.29) is 23.9 Å². The molecule has 1 aliphatic rings. The van der Waals surface area contributed by atoms with Crippen molar-refractivity contribution >= 4 is 33.6 Å². The van der Waals surface area contributed by atoms with Gasteiger partial charge >= 0.3 is 0 Å². The topological polar surface area (TPSA) is 24.7 Å². The van der Waals surface area contributed by atoms with Crippen LogP contribution in [-0.2, 0) is 16.5 Å². The average molecular weight is 462 g/mol. The van der Waals surface area contributed by atoms with E-state index in [0.29, 0.717) is 0 Å². The first-order valence-electron chi connectivity index (χ1n) is 10.4. The first kappa shape index (κ1) is 23.6. The minimum atomic E-state index is 0. The van der Waals surface area contributed by atoms with Gasteiger partial charge in [-0.05, 0) is 67.5 Å². The van der Waals surface area contributed by atoms with Crippen LogP contribution in [0.4, 0.5) is 11.4 Å². The summed E-state index contributed by atoms with van der Waals surface area (Å²) in [5.41, 5.74) is 11.0. The molecule has 0 fully saturated rings. The number of hydrogen-bond acceptors (Lipinski definition) is 2. The van der Waals surface area contributed by atoms with Crippen LogP contribution in [0.3, 0.4) is 0 Å². The van der Waals surface area contributed by atoms with Crippen LogP contribution in [-0.4, -0.2) is 11.4 Å². The molecule has 4 aromatic carbocycles. The van der Waals surface area contributed by atoms with Crippen LogP contribution in [0, 0.1) is 35.1 Å². The molecular weight excluding hydrogens is 435 g/mol. The summed E-state index contributed by atoms with van der Waals surface area (Å²) >= 11 is 0. The summed E-state index contributed by atoms with van der Waals surface area (Å²) < 4.78 is 0. The van der Waals surface area contributed by atoms with Crippen molar-refractivity contribution in [3.63, 3.8) is 0 Å². The molecule has 0 aromatic heterocycles. The van der Waals surface area contributed by atoms with E-state index in [1.807, 2.05) is 0 Å². The second-order valence-corrected chi connectivity index (χ2v) is 8.21. The van der Waals surface area contributed by atoms with E-state index in [4.69, 9.17) is 9.98 Å². The monoisotopic (exact) mass is 461 g/mol. The average Bonchev–Trinajstić information content (AvgIpc) is 3.03. The Labute approximate surface area is 201 Å². The minimum Gasteiger partial charge on any atom is -0.358 e. The fourth-order valence-electron chi connectivity index (χ4n) is 4.14. The third-order valence-electron chi connectivity index (χ3n) is 5.83. The predicted octanol–water partition coefficient (Wildman–Crippen LogP) is 7.78. The molecule has 3 heteroatoms. The summed E-state index contributed by atoms with van der Waals surface area (Å²) in [5, 5.41) is 2.47. The van der Waals surface area contributed by atoms with Crippen LogP contribution < -0.4 is 0 Å². The second-order valence-electron chi connectivity index (χ2n) is 8.21. The molecule has 5 rings (SSSR count). The molecule has 0 aliphatic heterocycles. The molecule has 32 heavy (non-hydrogen) atoms. The van der Waals surface area contributed by atoms with E-state index >= 15 is 0 Å². The molecular formula is C29H27N2Ni-. The van der Waals surface area contributed by atoms with Crippen LogP contribution in [0.25, 0.3) is 10.8 Å². The van der Waals surface area contributed by atoms with Crippen molar-refractivity contribution in [1.82, 2.24) is 0 Å². The molecule has 0 atom stereocenters. The van der Waals surface area contributed by atoms with E-state index in [1.165, 1.54) is 33.0 Å². The maximum atomic E-state index is 5.17. The van der Waals surface area contributed by atoms with Crippen LogP contribution in [0.2, 0.25) is 0 Å². The van der Waals surface area contributed by atoms with Gasteiger partial charge in [-0.15, -0.1) is 0 Å². The standard InChI is InChI=1S/C28H24N2.CH3.Ni/c1-17-11-13-19(3)24(15-17)29-27-22-9-5-7-21-8-6-10-23(26(21)22)28(27)30-25-16-18(2)12-14-20(25)4;;/h5-16H,1-4H3;1H3;/q;-1;. The Balaban J connectivity index is 0.00000144. The van der Waals surface area contributed by atoms with Crippen LogP contribution in [0.5, 0.6) is 0 Å². The fourth-order valence-corrected chi connectivity index (χ4v) is 4.14. The largest absolute Gasteiger partial charge is 0.358 e. The van der Waals surface area contributed by atoms with Crippen LogP contribution in [0.15, 0.2) is 82.8 Å². The van der Waals surface area contributed by atoms with E-state index in [1.54, 1.807) is 0 Å². The zero-order chi connectivity index (χ0) is 20.8. The Morgan fingerprint density at radius 3 is 1.44 bits per heavy atom. The number of rotatable bonds is 2. The normalized spacial score (nSPS) is 14.5. The molecule has 164 valence electrons. The zero-order valence-electron chi connectivity index (χ0n) is 19.1. The number of benzene rings is 4. The molecule has 0 saturated carbocycles. The van der Waals surface area contributed by atoms with Crippen molar-refractivity contribution in [2.45, 2.75) is 27.7 Å². The molecule has 1 aliphatic carbocycles. The summed E-state index contributed by atoms with van der Waals surface area (Å²) in [5.74, 6) is 0. The molecule has 4 aromatic rings. The van der Waals surface area contributed by atoms with Crippen molar-refractivity contribution in [3.05, 3.63) is 114 Å². The second kappa shape index (κ2) is 9.22. The minimum absolute atomic E-state index is 0. The Bertz CT molecular complexity index is 1280. The summed E-state index contributed by atoms with van der Waals surface area (Å²) in [6.07, 6.45) is 0. The van der Waals surface area contributed by atoms with Gasteiger partial charge in [-0.25, -0.2) is 9.98 Å². The molecule has 0 heterocycles. The van der Waals surface area contributed by atoms with Crippen molar-refractivity contribution in [2.24, 2.45) is 9.98 Å². The zero-order valence-corrected chi connectivity index (χ0v) is 20.1. The van der Waals surface area contributed by atoms with Gasteiger partial charge in [0.1, 0.15) is 0 Å². The summed E-state index contributed by atoms with van der Waals surface area (Å²) in [7, 11) is 0. The van der Waals surface area contributed by atoms with E-state index in [0.717, 1.165) is 33.9 Å². The molecule has 0 unspecified atom stereocenters. The number of aryl methyl sites for hydroxylation is 4. The molecule has 0 saturated heterocycles. The number of hydrogen-bond donors (Lipinski definition) is 0. The molecule has 0 N–H and O–H groups in total. The Morgan fingerprint density at radius 1 is 0.562 bits per heavy atom. The Morgan fingerprint density at radius 2 is 1.00 bits per heavy atom. The molecule has 0 spiro atoms. The SMILES string of the molecule is Cc1ccc(C)c(N=C2C(=Nc3cc(C)ccc3C)c3cccc4cccc2c34)c1.[CH3-].[Ni]. The first-order chi connectivity index (χ1) is 14.5. The van der Waals surface area contributed by atoms with Gasteiger partial charge in [0.25, 0.3) is 0 Å². The number of aliphatic imine (C=N–C) groups is 2. The van der Waals surface area contributed by atoms with Crippen molar-refractivity contribution in [3.8, 4) is 0 Å². The summed E-state index contributed by atoms with van der Waals surface area (Å²) in [6, 6.07) is 25.7. The van der Waals surface area contributed by atoms with E-state index < -0.39 is 0 Å². The summed E-state index contributed by atoms with van der Waals surface area (Å²) in [6.45, 7) is 8.45. The Kier molecular flexibility index (Phi) is 6.81. The van der Waals surface area contributed by atoms with Gasteiger partial charge in [0, 0.05) is 33.0 Å². The quantitative estimate of drug-likeness (QED) is 0.215.